The number of thiophene rings is 1. The molecule has 0 aliphatic carbocycles. The van der Waals surface area contributed by atoms with Gasteiger partial charge in [0, 0.05) is 58.8 Å². The van der Waals surface area contributed by atoms with Gasteiger partial charge in [-0.15, -0.1) is 11.3 Å². The standard InChI is InChI=1S/C50H28N4O2S/c1-3-10-31(11-4-1)47-52-48(32-21-18-29(19-22-32)35-15-9-16-37-36-14-7-8-17-40(36)55-45(35)37)54-49(53-47)34-23-20-30-24-26-41-43(38(30)28-34)44-42(57-41)27-25-39-46(44)56-50(51-39)33-12-5-2-6-13-33/h1-28H. The van der Waals surface area contributed by atoms with Crippen molar-refractivity contribution in [2.75, 3.05) is 0 Å². The van der Waals surface area contributed by atoms with Crippen LogP contribution in [0.3, 0.4) is 0 Å². The summed E-state index contributed by atoms with van der Waals surface area (Å²) in [5, 5.41) is 6.66. The zero-order chi connectivity index (χ0) is 37.5. The Morgan fingerprint density at radius 2 is 1.00 bits per heavy atom. The molecule has 0 amide bonds. The highest BCUT2D eigenvalue weighted by molar-refractivity contribution is 7.26. The van der Waals surface area contributed by atoms with Gasteiger partial charge in [0.25, 0.3) is 0 Å². The molecule has 7 heteroatoms. The normalized spacial score (nSPS) is 11.9. The second-order valence-corrected chi connectivity index (χ2v) is 15.3. The van der Waals surface area contributed by atoms with Crippen LogP contribution < -0.4 is 0 Å². The van der Waals surface area contributed by atoms with Crippen molar-refractivity contribution in [1.29, 1.82) is 0 Å². The molecule has 12 rings (SSSR count). The molecule has 0 atom stereocenters. The molecule has 0 fully saturated rings. The van der Waals surface area contributed by atoms with Gasteiger partial charge in [-0.3, -0.25) is 0 Å². The third-order valence-corrected chi connectivity index (χ3v) is 11.9. The van der Waals surface area contributed by atoms with Gasteiger partial charge in [-0.1, -0.05) is 127 Å². The predicted octanol–water partition coefficient (Wildman–Crippen LogP) is 13.8. The van der Waals surface area contributed by atoms with Crippen molar-refractivity contribution >= 4 is 75.3 Å². The summed E-state index contributed by atoms with van der Waals surface area (Å²) in [5.74, 6) is 2.43. The fourth-order valence-corrected chi connectivity index (χ4v) is 9.14. The SMILES string of the molecule is c1ccc(-c2nc(-c3ccc(-c4cccc5c4oc4ccccc45)cc3)nc(-c3ccc4ccc5sc6ccc7nc(-c8ccccc8)oc7c6c5c4c3)n2)cc1. The quantitative estimate of drug-likeness (QED) is 0.174. The third-order valence-electron chi connectivity index (χ3n) is 10.8. The lowest BCUT2D eigenvalue weighted by Gasteiger charge is -2.10. The molecule has 0 bridgehead atoms. The van der Waals surface area contributed by atoms with Crippen molar-refractivity contribution in [3.8, 4) is 56.7 Å². The van der Waals surface area contributed by atoms with Gasteiger partial charge in [0.2, 0.25) is 5.89 Å². The van der Waals surface area contributed by atoms with Crippen molar-refractivity contribution in [1.82, 2.24) is 19.9 Å². The number of oxazole rings is 1. The molecule has 4 heterocycles. The van der Waals surface area contributed by atoms with E-state index in [0.717, 1.165) is 92.7 Å². The van der Waals surface area contributed by atoms with Gasteiger partial charge < -0.3 is 8.83 Å². The number of hydrogen-bond acceptors (Lipinski definition) is 7. The summed E-state index contributed by atoms with van der Waals surface area (Å²) in [7, 11) is 0. The van der Waals surface area contributed by atoms with E-state index in [4.69, 9.17) is 28.8 Å². The lowest BCUT2D eigenvalue weighted by Crippen LogP contribution is -2.00. The smallest absolute Gasteiger partial charge is 0.227 e. The van der Waals surface area contributed by atoms with E-state index >= 15 is 0 Å². The van der Waals surface area contributed by atoms with Gasteiger partial charge in [-0.2, -0.15) is 0 Å². The first-order valence-corrected chi connectivity index (χ1v) is 19.6. The molecule has 4 aromatic heterocycles. The molecule has 0 aliphatic heterocycles. The Kier molecular flexibility index (Phi) is 7.00. The molecule has 0 saturated carbocycles. The topological polar surface area (TPSA) is 77.8 Å². The summed E-state index contributed by atoms with van der Waals surface area (Å²) in [6, 6.07) is 58.1. The van der Waals surface area contributed by atoms with E-state index in [1.165, 1.54) is 4.70 Å². The molecule has 12 aromatic rings. The van der Waals surface area contributed by atoms with E-state index in [1.807, 2.05) is 78.9 Å². The predicted molar refractivity (Wildman–Crippen MR) is 232 cm³/mol. The molecule has 0 radical (unpaired) electrons. The van der Waals surface area contributed by atoms with Crippen LogP contribution in [0.15, 0.2) is 179 Å². The maximum atomic E-state index is 6.56. The highest BCUT2D eigenvalue weighted by Gasteiger charge is 2.19. The highest BCUT2D eigenvalue weighted by Crippen LogP contribution is 2.44. The molecule has 0 saturated heterocycles. The first-order valence-electron chi connectivity index (χ1n) is 18.8. The van der Waals surface area contributed by atoms with Gasteiger partial charge in [-0.25, -0.2) is 19.9 Å². The summed E-state index contributed by atoms with van der Waals surface area (Å²) in [5.41, 5.74) is 9.16. The number of aromatic nitrogens is 4. The average molecular weight is 749 g/mol. The number of fused-ring (bicyclic) bond motifs is 10. The summed E-state index contributed by atoms with van der Waals surface area (Å²) < 4.78 is 15.2. The summed E-state index contributed by atoms with van der Waals surface area (Å²) in [6.07, 6.45) is 0. The van der Waals surface area contributed by atoms with Crippen LogP contribution in [0.1, 0.15) is 0 Å². The molecule has 0 unspecified atom stereocenters. The average Bonchev–Trinajstić information content (AvgIpc) is 4.00. The third kappa shape index (κ3) is 5.17. The van der Waals surface area contributed by atoms with Crippen LogP contribution >= 0.6 is 11.3 Å². The van der Waals surface area contributed by atoms with Gasteiger partial charge in [0.1, 0.15) is 16.7 Å². The Morgan fingerprint density at radius 3 is 1.81 bits per heavy atom. The van der Waals surface area contributed by atoms with E-state index in [-0.39, 0.29) is 0 Å². The van der Waals surface area contributed by atoms with Gasteiger partial charge in [0.15, 0.2) is 23.1 Å². The molecule has 0 spiro atoms. The summed E-state index contributed by atoms with van der Waals surface area (Å²) in [6.45, 7) is 0. The van der Waals surface area contributed by atoms with Crippen molar-refractivity contribution in [3.63, 3.8) is 0 Å². The monoisotopic (exact) mass is 748 g/mol. The van der Waals surface area contributed by atoms with Crippen LogP contribution in [-0.2, 0) is 0 Å². The van der Waals surface area contributed by atoms with Crippen LogP contribution in [0, 0.1) is 0 Å². The van der Waals surface area contributed by atoms with Gasteiger partial charge in [0.05, 0.1) is 0 Å². The van der Waals surface area contributed by atoms with Crippen molar-refractivity contribution in [3.05, 3.63) is 170 Å². The number of nitrogens with zero attached hydrogens (tertiary/aromatic N) is 4. The molecule has 57 heavy (non-hydrogen) atoms. The highest BCUT2D eigenvalue weighted by atomic mass is 32.1. The Morgan fingerprint density at radius 1 is 0.386 bits per heavy atom. The number of benzene rings is 8. The van der Waals surface area contributed by atoms with Crippen molar-refractivity contribution < 1.29 is 8.83 Å². The van der Waals surface area contributed by atoms with E-state index in [9.17, 15) is 0 Å². The van der Waals surface area contributed by atoms with E-state index in [0.29, 0.717) is 23.4 Å². The van der Waals surface area contributed by atoms with Crippen molar-refractivity contribution in [2.24, 2.45) is 0 Å². The Labute approximate surface area is 329 Å². The van der Waals surface area contributed by atoms with E-state index in [1.54, 1.807) is 11.3 Å². The minimum absolute atomic E-state index is 0.600. The number of para-hydroxylation sites is 2. The second kappa shape index (κ2) is 12.5. The first-order chi connectivity index (χ1) is 28.2. The Bertz CT molecular complexity index is 3520. The van der Waals surface area contributed by atoms with E-state index in [2.05, 4.69) is 91.0 Å². The number of rotatable bonds is 5. The van der Waals surface area contributed by atoms with Crippen LogP contribution in [0.4, 0.5) is 0 Å². The molecule has 6 nitrogen and oxygen atoms in total. The molecule has 266 valence electrons. The minimum atomic E-state index is 0.600. The fourth-order valence-electron chi connectivity index (χ4n) is 8.02. The Balaban J connectivity index is 1.01. The zero-order valence-electron chi connectivity index (χ0n) is 30.2. The number of hydrogen-bond donors (Lipinski definition) is 0. The minimum Gasteiger partial charge on any atom is -0.455 e. The van der Waals surface area contributed by atoms with Crippen LogP contribution in [0.5, 0.6) is 0 Å². The van der Waals surface area contributed by atoms with Crippen LogP contribution in [0.2, 0.25) is 0 Å². The van der Waals surface area contributed by atoms with Crippen molar-refractivity contribution in [2.45, 2.75) is 0 Å². The van der Waals surface area contributed by atoms with Gasteiger partial charge in [-0.05, 0) is 58.8 Å². The molecular weight excluding hydrogens is 721 g/mol. The van der Waals surface area contributed by atoms with Gasteiger partial charge >= 0.3 is 0 Å². The Hall–Kier alpha value is -7.48. The molecule has 8 aromatic carbocycles. The van der Waals surface area contributed by atoms with Crippen LogP contribution in [-0.4, -0.2) is 19.9 Å². The first kappa shape index (κ1) is 31.8. The molecular formula is C50H28N4O2S. The summed E-state index contributed by atoms with van der Waals surface area (Å²) >= 11 is 1.76. The van der Waals surface area contributed by atoms with Crippen LogP contribution in [0.25, 0.3) is 121 Å². The maximum absolute atomic E-state index is 6.56. The maximum Gasteiger partial charge on any atom is 0.227 e. The largest absolute Gasteiger partial charge is 0.455 e. The fraction of sp³-hybridized carbons (Fsp3) is 0. The zero-order valence-corrected chi connectivity index (χ0v) is 31.0. The second-order valence-electron chi connectivity index (χ2n) is 14.2. The lowest BCUT2D eigenvalue weighted by atomic mass is 10.0. The number of furan rings is 1. The molecule has 0 N–H and O–H groups in total. The molecule has 0 aliphatic rings. The lowest BCUT2D eigenvalue weighted by molar-refractivity contribution is 0.623. The summed E-state index contributed by atoms with van der Waals surface area (Å²) in [4.78, 5) is 20.1. The van der Waals surface area contributed by atoms with E-state index < -0.39 is 0 Å².